The molecule has 0 fully saturated rings. The zero-order valence-corrected chi connectivity index (χ0v) is 33.5. The number of fused-ring (bicyclic) bond motifs is 7. The Bertz CT molecular complexity index is 4780. The van der Waals surface area contributed by atoms with Crippen molar-refractivity contribution in [1.82, 2.24) is 0 Å². The van der Waals surface area contributed by atoms with Gasteiger partial charge in [0, 0.05) is 45.2 Å². The maximum Gasteiger partial charge on any atom is 0.0651 e. The fourth-order valence-electron chi connectivity index (χ4n) is 8.45. The van der Waals surface area contributed by atoms with Gasteiger partial charge in [-0.1, -0.05) is 189 Å². The largest absolute Gasteiger partial charge is 0.310 e. The minimum absolute atomic E-state index is 0.338. The van der Waals surface area contributed by atoms with Gasteiger partial charge in [-0.15, -0.1) is 11.3 Å². The average Bonchev–Trinajstić information content (AvgIpc) is 1.52. The second-order valence-electron chi connectivity index (χ2n) is 14.8. The summed E-state index contributed by atoms with van der Waals surface area (Å²) >= 11 is 1.61. The van der Waals surface area contributed by atoms with Crippen LogP contribution in [0.2, 0.25) is 0 Å². The Labute approximate surface area is 409 Å². The van der Waals surface area contributed by atoms with Crippen LogP contribution in [-0.4, -0.2) is 0 Å². The summed E-state index contributed by atoms with van der Waals surface area (Å²) in [5.41, 5.74) is -10.9. The van der Waals surface area contributed by atoms with Gasteiger partial charge in [-0.25, -0.2) is 0 Å². The molecule has 1 heterocycles. The Hall–Kier alpha value is -7.52. The van der Waals surface area contributed by atoms with E-state index >= 15 is 0 Å². The standard InChI is InChI=1S/C61H43NS/c1-61(2)55-25-13-11-22-51(55)54-24-15-26-56(60(54)61)62(48-37-45(40-16-5-3-6-17-40)36-46(38-48)41-18-7-4-8-19-41)47-32-28-43(29-33-47)50-34-30-42-20-9-10-21-49(42)59(50)44-31-35-53-52-23-12-14-27-57(52)63-58(53)39-44/h3-39H,1-2H3/i1D3,2D3,3D,4D,5D,6D,7D,8D,11D,13D,15D,16D,17D,18D,19D,22D,24D,25D,26D,36D,37D,38D. The highest BCUT2D eigenvalue weighted by Gasteiger charge is 2.38. The predicted molar refractivity (Wildman–Crippen MR) is 271 cm³/mol. The van der Waals surface area contributed by atoms with Gasteiger partial charge in [-0.3, -0.25) is 0 Å². The summed E-state index contributed by atoms with van der Waals surface area (Å²) in [4.78, 5) is 0.759. The number of anilines is 3. The summed E-state index contributed by atoms with van der Waals surface area (Å²) in [5.74, 6) is 0. The average molecular weight is 848 g/mol. The van der Waals surface area contributed by atoms with Gasteiger partial charge in [-0.05, 0) is 126 Å². The van der Waals surface area contributed by atoms with Crippen molar-refractivity contribution < 1.29 is 35.6 Å². The molecule has 1 nitrogen and oxygen atoms in total. The summed E-state index contributed by atoms with van der Waals surface area (Å²) in [6.07, 6.45) is 0. The van der Waals surface area contributed by atoms with Gasteiger partial charge in [-0.2, -0.15) is 0 Å². The molecule has 1 aromatic heterocycles. The van der Waals surface area contributed by atoms with Crippen LogP contribution >= 0.6 is 11.3 Å². The Morgan fingerprint density at radius 1 is 0.460 bits per heavy atom. The minimum Gasteiger partial charge on any atom is -0.310 e. The van der Waals surface area contributed by atoms with Crippen molar-refractivity contribution in [2.75, 3.05) is 4.90 Å². The van der Waals surface area contributed by atoms with Crippen LogP contribution in [0.15, 0.2) is 224 Å². The first-order valence-electron chi connectivity index (χ1n) is 32.7. The molecule has 12 rings (SSSR count). The van der Waals surface area contributed by atoms with E-state index in [-0.39, 0.29) is 5.69 Å². The van der Waals surface area contributed by atoms with Gasteiger partial charge in [0.05, 0.1) is 33.1 Å². The lowest BCUT2D eigenvalue weighted by Crippen LogP contribution is -2.20. The maximum atomic E-state index is 10.3. The van der Waals surface area contributed by atoms with E-state index in [0.717, 1.165) is 47.0 Å². The quantitative estimate of drug-likeness (QED) is 0.154. The SMILES string of the molecule is [2H]c1c([2H])c([2H])c(-c2c([2H])c(-c3c([2H])c([2H])c([2H])c([2H])c3[2H])c([2H])c(N(c3ccc(-c4ccc5ccccc5c4-c4ccc5c(c4)sc4ccccc45)cc3)c3c([2H])c([2H])c([2H])c4c3C(C([2H])([2H])[2H])(C([2H])([2H])[2H])c3c([2H])c([2H])c([2H])c([2H])c3-4)c2[2H])c([2H])c1[2H]. The van der Waals surface area contributed by atoms with E-state index in [0.29, 0.717) is 11.1 Å². The van der Waals surface area contributed by atoms with E-state index < -0.39 is 196 Å². The zero-order chi connectivity index (χ0) is 64.5. The zero-order valence-electron chi connectivity index (χ0n) is 58.7. The van der Waals surface area contributed by atoms with Crippen molar-refractivity contribution in [3.05, 3.63) is 235 Å². The first-order valence-corrected chi connectivity index (χ1v) is 20.5. The number of hydrogen-bond acceptors (Lipinski definition) is 2. The maximum absolute atomic E-state index is 10.3. The number of benzene rings is 10. The highest BCUT2D eigenvalue weighted by Crippen LogP contribution is 2.55. The molecule has 10 aromatic carbocycles. The Balaban J connectivity index is 1.27. The molecule has 0 amide bonds. The molecule has 63 heavy (non-hydrogen) atoms. The van der Waals surface area contributed by atoms with E-state index in [9.17, 15) is 24.7 Å². The van der Waals surface area contributed by atoms with Crippen molar-refractivity contribution in [3.8, 4) is 55.6 Å². The van der Waals surface area contributed by atoms with E-state index in [1.807, 2.05) is 72.8 Å². The number of thiophene rings is 1. The first-order chi connectivity index (χ1) is 41.8. The Morgan fingerprint density at radius 3 is 1.87 bits per heavy atom. The summed E-state index contributed by atoms with van der Waals surface area (Å²) in [7, 11) is 0. The van der Waals surface area contributed by atoms with Crippen LogP contribution in [0, 0.1) is 0 Å². The van der Waals surface area contributed by atoms with Crippen molar-refractivity contribution >= 4 is 59.3 Å². The molecular formula is C61H43NS. The van der Waals surface area contributed by atoms with Gasteiger partial charge in [0.25, 0.3) is 0 Å². The van der Waals surface area contributed by atoms with Gasteiger partial charge in [0.2, 0.25) is 0 Å². The highest BCUT2D eigenvalue weighted by atomic mass is 32.1. The third-order valence-corrected chi connectivity index (χ3v) is 12.4. The van der Waals surface area contributed by atoms with Crippen molar-refractivity contribution in [3.63, 3.8) is 0 Å². The van der Waals surface area contributed by atoms with Crippen molar-refractivity contribution in [2.24, 2.45) is 0 Å². The lowest BCUT2D eigenvalue weighted by Gasteiger charge is -2.33. The van der Waals surface area contributed by atoms with Crippen LogP contribution in [0.25, 0.3) is 86.6 Å². The molecule has 0 N–H and O–H groups in total. The van der Waals surface area contributed by atoms with Crippen LogP contribution in [0.3, 0.4) is 0 Å². The highest BCUT2D eigenvalue weighted by molar-refractivity contribution is 7.25. The molecule has 1 aliphatic rings. The molecule has 0 unspecified atom stereocenters. The molecule has 11 aromatic rings. The predicted octanol–water partition coefficient (Wildman–Crippen LogP) is 17.7. The van der Waals surface area contributed by atoms with Gasteiger partial charge >= 0.3 is 0 Å². The lowest BCUT2D eigenvalue weighted by molar-refractivity contribution is 0.661. The minimum atomic E-state index is -3.97. The van der Waals surface area contributed by atoms with E-state index in [4.69, 9.17) is 11.0 Å². The summed E-state index contributed by atoms with van der Waals surface area (Å²) in [6.45, 7) is -7.94. The van der Waals surface area contributed by atoms with Crippen molar-refractivity contribution in [2.45, 2.75) is 19.1 Å². The smallest absolute Gasteiger partial charge is 0.0651 e. The number of rotatable bonds is 7. The van der Waals surface area contributed by atoms with Crippen LogP contribution < -0.4 is 4.90 Å². The third kappa shape index (κ3) is 6.21. The van der Waals surface area contributed by atoms with Crippen LogP contribution in [-0.2, 0) is 5.41 Å². The lowest BCUT2D eigenvalue weighted by atomic mass is 9.81. The summed E-state index contributed by atoms with van der Waals surface area (Å²) in [5, 5.41) is 3.80. The molecule has 0 saturated heterocycles. The molecule has 0 radical (unpaired) electrons. The second-order valence-corrected chi connectivity index (χ2v) is 15.9. The number of nitrogens with zero attached hydrogens (tertiary/aromatic N) is 1. The molecule has 0 aliphatic heterocycles. The van der Waals surface area contributed by atoms with E-state index in [2.05, 4.69) is 6.07 Å². The summed E-state index contributed by atoms with van der Waals surface area (Å²) < 4.78 is 242. The van der Waals surface area contributed by atoms with E-state index in [1.54, 1.807) is 23.5 Å². The Morgan fingerprint density at radius 2 is 1.11 bits per heavy atom. The van der Waals surface area contributed by atoms with Crippen molar-refractivity contribution in [1.29, 1.82) is 0 Å². The molecule has 1 aliphatic carbocycles. The topological polar surface area (TPSA) is 3.24 Å². The summed E-state index contributed by atoms with van der Waals surface area (Å²) in [6, 6.07) is 10.4. The first kappa shape index (κ1) is 19.3. The van der Waals surface area contributed by atoms with Crippen LogP contribution in [0.5, 0.6) is 0 Å². The molecule has 0 saturated carbocycles. The van der Waals surface area contributed by atoms with Crippen LogP contribution in [0.4, 0.5) is 17.1 Å². The Kier molecular flexibility index (Phi) is 4.53. The van der Waals surface area contributed by atoms with Gasteiger partial charge in [0.1, 0.15) is 0 Å². The fourth-order valence-corrected chi connectivity index (χ4v) is 9.60. The monoisotopic (exact) mass is 847 g/mol. The van der Waals surface area contributed by atoms with E-state index in [1.165, 1.54) is 12.1 Å². The molecule has 2 heteroatoms. The fraction of sp³-hybridized carbons (Fsp3) is 0.0492. The molecule has 298 valence electrons. The normalized spacial score (nSPS) is 19.0. The second kappa shape index (κ2) is 14.8. The van der Waals surface area contributed by atoms with Gasteiger partial charge < -0.3 is 4.90 Å². The van der Waals surface area contributed by atoms with Crippen LogP contribution in [0.1, 0.15) is 60.5 Å². The third-order valence-electron chi connectivity index (χ3n) is 11.3. The molecule has 0 atom stereocenters. The molecule has 0 spiro atoms. The number of hydrogen-bond donors (Lipinski definition) is 0. The molecular weight excluding hydrogens is 779 g/mol. The van der Waals surface area contributed by atoms with Gasteiger partial charge in [0.15, 0.2) is 0 Å². The molecule has 0 bridgehead atoms.